The van der Waals surface area contributed by atoms with Crippen LogP contribution in [-0.2, 0) is 9.47 Å². The van der Waals surface area contributed by atoms with E-state index in [4.69, 9.17) is 9.47 Å². The highest BCUT2D eigenvalue weighted by Crippen LogP contribution is 2.14. The summed E-state index contributed by atoms with van der Waals surface area (Å²) in [6, 6.07) is 5.00. The minimum Gasteiger partial charge on any atom is -0.385 e. The van der Waals surface area contributed by atoms with Crippen molar-refractivity contribution in [3.05, 3.63) is 29.6 Å². The number of halogens is 1. The molecule has 4 heteroatoms. The molecule has 0 aliphatic heterocycles. The van der Waals surface area contributed by atoms with Crippen molar-refractivity contribution in [3.8, 4) is 0 Å². The van der Waals surface area contributed by atoms with Crippen LogP contribution in [0.1, 0.15) is 25.8 Å². The molecule has 0 amide bonds. The summed E-state index contributed by atoms with van der Waals surface area (Å²) in [6.45, 7) is 7.66. The van der Waals surface area contributed by atoms with E-state index < -0.39 is 0 Å². The van der Waals surface area contributed by atoms with E-state index in [1.54, 1.807) is 19.1 Å². The van der Waals surface area contributed by atoms with Crippen LogP contribution in [-0.4, -0.2) is 26.0 Å². The van der Waals surface area contributed by atoms with Crippen molar-refractivity contribution in [1.29, 1.82) is 0 Å². The Morgan fingerprint density at radius 3 is 2.44 bits per heavy atom. The van der Waals surface area contributed by atoms with Gasteiger partial charge in [0.05, 0.1) is 0 Å². The van der Waals surface area contributed by atoms with E-state index >= 15 is 0 Å². The molecule has 1 aromatic carbocycles. The molecular weight excluding hydrogens is 233 g/mol. The molecule has 0 saturated carbocycles. The van der Waals surface area contributed by atoms with Gasteiger partial charge in [-0.05, 0) is 44.5 Å². The van der Waals surface area contributed by atoms with Gasteiger partial charge in [-0.15, -0.1) is 0 Å². The minimum absolute atomic E-state index is 0.172. The lowest BCUT2D eigenvalue weighted by Gasteiger charge is -2.17. The van der Waals surface area contributed by atoms with Crippen molar-refractivity contribution in [2.45, 2.75) is 33.5 Å². The third-order valence-corrected chi connectivity index (χ3v) is 2.57. The van der Waals surface area contributed by atoms with E-state index in [1.165, 1.54) is 6.07 Å². The van der Waals surface area contributed by atoms with E-state index in [2.05, 4.69) is 5.32 Å². The molecule has 18 heavy (non-hydrogen) atoms. The zero-order valence-corrected chi connectivity index (χ0v) is 11.3. The van der Waals surface area contributed by atoms with Crippen LogP contribution in [0.4, 0.5) is 10.1 Å². The average molecular weight is 255 g/mol. The second-order valence-corrected chi connectivity index (χ2v) is 4.02. The first-order valence-corrected chi connectivity index (χ1v) is 6.40. The topological polar surface area (TPSA) is 30.5 Å². The SMILES string of the molecule is CCOC(CCNc1ccc(F)c(C)c1)OCC. The number of rotatable bonds is 8. The summed E-state index contributed by atoms with van der Waals surface area (Å²) in [7, 11) is 0. The summed E-state index contributed by atoms with van der Waals surface area (Å²) in [6.07, 6.45) is 0.590. The highest BCUT2D eigenvalue weighted by molar-refractivity contribution is 5.45. The molecule has 0 radical (unpaired) electrons. The van der Waals surface area contributed by atoms with Crippen molar-refractivity contribution in [2.75, 3.05) is 25.1 Å². The quantitative estimate of drug-likeness (QED) is 0.723. The van der Waals surface area contributed by atoms with Crippen molar-refractivity contribution in [1.82, 2.24) is 0 Å². The third kappa shape index (κ3) is 5.02. The maximum Gasteiger partial charge on any atom is 0.159 e. The summed E-state index contributed by atoms with van der Waals surface area (Å²) >= 11 is 0. The first kappa shape index (κ1) is 14.9. The van der Waals surface area contributed by atoms with Gasteiger partial charge in [0.25, 0.3) is 0 Å². The molecule has 3 nitrogen and oxygen atoms in total. The predicted octanol–water partition coefficient (Wildman–Crippen LogP) is 3.34. The standard InChI is InChI=1S/C14H22FNO2/c1-4-17-14(18-5-2)8-9-16-12-6-7-13(15)11(3)10-12/h6-7,10,14,16H,4-5,8-9H2,1-3H3. The predicted molar refractivity (Wildman–Crippen MR) is 71.3 cm³/mol. The lowest BCUT2D eigenvalue weighted by atomic mass is 10.2. The summed E-state index contributed by atoms with van der Waals surface area (Å²) in [5.74, 6) is -0.179. The van der Waals surface area contributed by atoms with E-state index in [-0.39, 0.29) is 12.1 Å². The first-order valence-electron chi connectivity index (χ1n) is 6.40. The molecule has 0 spiro atoms. The number of anilines is 1. The van der Waals surface area contributed by atoms with Gasteiger partial charge in [0.2, 0.25) is 0 Å². The van der Waals surface area contributed by atoms with Gasteiger partial charge in [-0.3, -0.25) is 0 Å². The Labute approximate surface area is 108 Å². The second-order valence-electron chi connectivity index (χ2n) is 4.02. The Morgan fingerprint density at radius 2 is 1.89 bits per heavy atom. The maximum atomic E-state index is 13.1. The van der Waals surface area contributed by atoms with Crippen molar-refractivity contribution in [3.63, 3.8) is 0 Å². The summed E-state index contributed by atoms with van der Waals surface area (Å²) in [5, 5.41) is 3.23. The minimum atomic E-state index is -0.179. The fraction of sp³-hybridized carbons (Fsp3) is 0.571. The number of ether oxygens (including phenoxy) is 2. The first-order chi connectivity index (χ1) is 8.67. The third-order valence-electron chi connectivity index (χ3n) is 2.57. The van der Waals surface area contributed by atoms with Gasteiger partial charge in [0.15, 0.2) is 6.29 Å². The zero-order chi connectivity index (χ0) is 13.4. The highest BCUT2D eigenvalue weighted by Gasteiger charge is 2.07. The van der Waals surface area contributed by atoms with Gasteiger partial charge in [-0.25, -0.2) is 4.39 Å². The molecule has 0 atom stereocenters. The van der Waals surface area contributed by atoms with Gasteiger partial charge in [0.1, 0.15) is 5.82 Å². The van der Waals surface area contributed by atoms with Crippen LogP contribution in [0.5, 0.6) is 0 Å². The van der Waals surface area contributed by atoms with Gasteiger partial charge in [-0.2, -0.15) is 0 Å². The van der Waals surface area contributed by atoms with E-state index in [0.717, 1.165) is 18.7 Å². The molecule has 0 aliphatic rings. The molecule has 0 saturated heterocycles. The maximum absolute atomic E-state index is 13.1. The lowest BCUT2D eigenvalue weighted by Crippen LogP contribution is -2.21. The second kappa shape index (κ2) is 8.06. The van der Waals surface area contributed by atoms with Crippen molar-refractivity contribution < 1.29 is 13.9 Å². The summed E-state index contributed by atoms with van der Waals surface area (Å²) < 4.78 is 24.0. The number of hydrogen-bond acceptors (Lipinski definition) is 3. The smallest absolute Gasteiger partial charge is 0.159 e. The molecule has 102 valence electrons. The molecule has 0 aliphatic carbocycles. The molecule has 0 unspecified atom stereocenters. The lowest BCUT2D eigenvalue weighted by molar-refractivity contribution is -0.137. The van der Waals surface area contributed by atoms with Gasteiger partial charge >= 0.3 is 0 Å². The van der Waals surface area contributed by atoms with Gasteiger partial charge in [-0.1, -0.05) is 0 Å². The Balaban J connectivity index is 2.37. The number of aryl methyl sites for hydroxylation is 1. The number of nitrogens with one attached hydrogen (secondary N) is 1. The molecule has 1 N–H and O–H groups in total. The summed E-state index contributed by atoms with van der Waals surface area (Å²) in [4.78, 5) is 0. The average Bonchev–Trinajstić information content (AvgIpc) is 2.34. The van der Waals surface area contributed by atoms with E-state index in [0.29, 0.717) is 18.8 Å². The largest absolute Gasteiger partial charge is 0.385 e. The van der Waals surface area contributed by atoms with Gasteiger partial charge in [0, 0.05) is 31.9 Å². The normalized spacial score (nSPS) is 10.9. The number of hydrogen-bond donors (Lipinski definition) is 1. The molecule has 0 aromatic heterocycles. The molecule has 0 heterocycles. The number of benzene rings is 1. The molecule has 0 fully saturated rings. The Kier molecular flexibility index (Phi) is 6.68. The van der Waals surface area contributed by atoms with Gasteiger partial charge < -0.3 is 14.8 Å². The van der Waals surface area contributed by atoms with Crippen LogP contribution in [0.2, 0.25) is 0 Å². The fourth-order valence-electron chi connectivity index (χ4n) is 1.68. The van der Waals surface area contributed by atoms with Crippen LogP contribution >= 0.6 is 0 Å². The zero-order valence-electron chi connectivity index (χ0n) is 11.3. The Hall–Kier alpha value is -1.13. The van der Waals surface area contributed by atoms with Crippen LogP contribution in [0.25, 0.3) is 0 Å². The van der Waals surface area contributed by atoms with Crippen LogP contribution < -0.4 is 5.32 Å². The Bertz CT molecular complexity index is 352. The van der Waals surface area contributed by atoms with Crippen LogP contribution in [0, 0.1) is 12.7 Å². The fourth-order valence-corrected chi connectivity index (χ4v) is 1.68. The van der Waals surface area contributed by atoms with Crippen molar-refractivity contribution >= 4 is 5.69 Å². The van der Waals surface area contributed by atoms with Crippen LogP contribution in [0.3, 0.4) is 0 Å². The van der Waals surface area contributed by atoms with E-state index in [9.17, 15) is 4.39 Å². The highest BCUT2D eigenvalue weighted by atomic mass is 19.1. The Morgan fingerprint density at radius 1 is 1.22 bits per heavy atom. The summed E-state index contributed by atoms with van der Waals surface area (Å²) in [5.41, 5.74) is 1.56. The molecule has 1 aromatic rings. The van der Waals surface area contributed by atoms with Crippen molar-refractivity contribution in [2.24, 2.45) is 0 Å². The monoisotopic (exact) mass is 255 g/mol. The van der Waals surface area contributed by atoms with E-state index in [1.807, 2.05) is 13.8 Å². The molecule has 1 rings (SSSR count). The molecule has 0 bridgehead atoms. The van der Waals surface area contributed by atoms with Crippen LogP contribution in [0.15, 0.2) is 18.2 Å². The molecular formula is C14H22FNO2.